The second-order valence-corrected chi connectivity index (χ2v) is 7.82. The summed E-state index contributed by atoms with van der Waals surface area (Å²) in [5.74, 6) is 0.730. The molecule has 2 N–H and O–H groups in total. The van der Waals surface area contributed by atoms with Crippen molar-refractivity contribution >= 4 is 17.9 Å². The fourth-order valence-corrected chi connectivity index (χ4v) is 4.36. The largest absolute Gasteiger partial charge is 0.512 e. The number of hydrogen-bond acceptors (Lipinski definition) is 6. The molecule has 3 atom stereocenters. The minimum absolute atomic E-state index is 0.0646. The molecular weight excluding hydrogens is 390 g/mol. The van der Waals surface area contributed by atoms with E-state index in [1.807, 2.05) is 41.1 Å². The van der Waals surface area contributed by atoms with Gasteiger partial charge in [0, 0.05) is 19.1 Å². The predicted molar refractivity (Wildman–Crippen MR) is 118 cm³/mol. The first kappa shape index (κ1) is 19.2. The number of fused-ring (bicyclic) bond motifs is 1. The first-order chi connectivity index (χ1) is 15.2. The van der Waals surface area contributed by atoms with Gasteiger partial charge in [-0.15, -0.1) is 0 Å². The number of nitrogens with zero attached hydrogens (tertiary/aromatic N) is 4. The molecule has 0 saturated heterocycles. The van der Waals surface area contributed by atoms with Crippen molar-refractivity contribution in [3.05, 3.63) is 89.5 Å². The van der Waals surface area contributed by atoms with Gasteiger partial charge < -0.3 is 10.4 Å². The number of anilines is 1. The Morgan fingerprint density at radius 2 is 1.74 bits per heavy atom. The molecule has 2 aromatic carbocycles. The molecule has 0 amide bonds. The zero-order chi connectivity index (χ0) is 21.2. The van der Waals surface area contributed by atoms with Crippen molar-refractivity contribution in [3.63, 3.8) is 0 Å². The lowest BCUT2D eigenvalue weighted by Gasteiger charge is -2.37. The molecule has 1 aliphatic carbocycles. The topological polar surface area (TPSA) is 92.4 Å². The standard InChI is InChI=1S/C24H23N5O2/c30-19-12-7-13-20(31)18(19)14-25-22-21(16-8-3-1-4-9-16)28-24-26-15-27-29(24)23(22)17-10-5-2-6-11-17/h1-6,8-11,14-15,21-23,30H,7,12-13H2,(H,26,27,28)/t21-,22+,23+/m0/s1. The number of aliphatic hydroxyl groups is 1. The van der Waals surface area contributed by atoms with Gasteiger partial charge in [0.05, 0.1) is 11.6 Å². The maximum atomic E-state index is 12.4. The Balaban J connectivity index is 1.63. The number of ketones is 1. The van der Waals surface area contributed by atoms with Crippen LogP contribution < -0.4 is 5.32 Å². The molecule has 1 aliphatic heterocycles. The fourth-order valence-electron chi connectivity index (χ4n) is 4.36. The van der Waals surface area contributed by atoms with Crippen LogP contribution in [-0.4, -0.2) is 37.9 Å². The van der Waals surface area contributed by atoms with Gasteiger partial charge in [-0.05, 0) is 17.5 Å². The molecular formula is C24H23N5O2. The van der Waals surface area contributed by atoms with Crippen LogP contribution in [0.1, 0.15) is 42.5 Å². The molecule has 0 unspecified atom stereocenters. The van der Waals surface area contributed by atoms with Crippen LogP contribution in [0.3, 0.4) is 0 Å². The smallest absolute Gasteiger partial charge is 0.222 e. The highest BCUT2D eigenvalue weighted by Gasteiger charge is 2.39. The van der Waals surface area contributed by atoms with Gasteiger partial charge in [0.15, 0.2) is 5.78 Å². The molecule has 2 aliphatic rings. The van der Waals surface area contributed by atoms with Gasteiger partial charge in [-0.1, -0.05) is 60.7 Å². The summed E-state index contributed by atoms with van der Waals surface area (Å²) in [6, 6.07) is 19.4. The Hall–Kier alpha value is -3.74. The van der Waals surface area contributed by atoms with Gasteiger partial charge in [-0.25, -0.2) is 4.68 Å². The molecule has 0 fully saturated rings. The third-order valence-electron chi connectivity index (χ3n) is 5.89. The van der Waals surface area contributed by atoms with Gasteiger partial charge in [0.25, 0.3) is 0 Å². The minimum Gasteiger partial charge on any atom is -0.512 e. The number of aromatic nitrogens is 3. The summed E-state index contributed by atoms with van der Waals surface area (Å²) in [5.41, 5.74) is 2.43. The van der Waals surface area contributed by atoms with Crippen LogP contribution in [0, 0.1) is 0 Å². The summed E-state index contributed by atoms with van der Waals surface area (Å²) >= 11 is 0. The highest BCUT2D eigenvalue weighted by atomic mass is 16.3. The van der Waals surface area contributed by atoms with Crippen LogP contribution in [-0.2, 0) is 4.79 Å². The van der Waals surface area contributed by atoms with E-state index in [2.05, 4.69) is 39.7 Å². The van der Waals surface area contributed by atoms with Crippen LogP contribution in [0.4, 0.5) is 5.95 Å². The van der Waals surface area contributed by atoms with Crippen LogP contribution in [0.25, 0.3) is 0 Å². The SMILES string of the molecule is O=C1CCCC(O)=C1C=N[C@H]1[C@@H](c2ccccc2)n2ncnc2N[C@H]1c1ccccc1. The lowest BCUT2D eigenvalue weighted by molar-refractivity contribution is -0.115. The third kappa shape index (κ3) is 3.63. The lowest BCUT2D eigenvalue weighted by Crippen LogP contribution is -2.40. The Kier molecular flexibility index (Phi) is 5.08. The molecule has 2 heterocycles. The average Bonchev–Trinajstić information content (AvgIpc) is 3.27. The van der Waals surface area contributed by atoms with Gasteiger partial charge >= 0.3 is 0 Å². The first-order valence-electron chi connectivity index (χ1n) is 10.5. The third-order valence-corrected chi connectivity index (χ3v) is 5.89. The van der Waals surface area contributed by atoms with Gasteiger partial charge in [-0.3, -0.25) is 9.79 Å². The van der Waals surface area contributed by atoms with Crippen molar-refractivity contribution in [2.24, 2.45) is 4.99 Å². The summed E-state index contributed by atoms with van der Waals surface area (Å²) in [6.45, 7) is 0. The number of hydrogen-bond donors (Lipinski definition) is 2. The number of allylic oxidation sites excluding steroid dienone is 2. The number of aliphatic imine (C=N–C) groups is 1. The van der Waals surface area contributed by atoms with E-state index in [1.54, 1.807) is 6.21 Å². The Morgan fingerprint density at radius 1 is 1.03 bits per heavy atom. The molecule has 0 radical (unpaired) electrons. The van der Waals surface area contributed by atoms with Crippen molar-refractivity contribution < 1.29 is 9.90 Å². The Labute approximate surface area is 180 Å². The van der Waals surface area contributed by atoms with Crippen LogP contribution in [0.2, 0.25) is 0 Å². The number of aliphatic hydroxyl groups excluding tert-OH is 1. The number of nitrogens with one attached hydrogen (secondary N) is 1. The molecule has 5 rings (SSSR count). The summed E-state index contributed by atoms with van der Waals surface area (Å²) in [4.78, 5) is 21.7. The van der Waals surface area contributed by atoms with Gasteiger partial charge in [-0.2, -0.15) is 10.1 Å². The van der Waals surface area contributed by atoms with Gasteiger partial charge in [0.1, 0.15) is 24.2 Å². The zero-order valence-electron chi connectivity index (χ0n) is 16.9. The number of rotatable bonds is 4. The van der Waals surface area contributed by atoms with E-state index in [4.69, 9.17) is 4.99 Å². The maximum absolute atomic E-state index is 12.4. The van der Waals surface area contributed by atoms with Gasteiger partial charge in [0.2, 0.25) is 5.95 Å². The van der Waals surface area contributed by atoms with E-state index in [0.29, 0.717) is 30.8 Å². The second-order valence-electron chi connectivity index (χ2n) is 7.82. The summed E-state index contributed by atoms with van der Waals surface area (Å²) in [6.07, 6.45) is 4.70. The molecule has 0 bridgehead atoms. The van der Waals surface area contributed by atoms with Crippen molar-refractivity contribution in [3.8, 4) is 0 Å². The second kappa shape index (κ2) is 8.18. The fraction of sp³-hybridized carbons (Fsp3) is 0.250. The van der Waals surface area contributed by atoms with E-state index in [0.717, 1.165) is 11.1 Å². The summed E-state index contributed by atoms with van der Waals surface area (Å²) in [5, 5.41) is 18.2. The van der Waals surface area contributed by atoms with Crippen LogP contribution in [0.5, 0.6) is 0 Å². The highest BCUT2D eigenvalue weighted by molar-refractivity contribution is 6.14. The van der Waals surface area contributed by atoms with E-state index in [9.17, 15) is 9.90 Å². The molecule has 156 valence electrons. The Bertz CT molecular complexity index is 1140. The molecule has 31 heavy (non-hydrogen) atoms. The van der Waals surface area contributed by atoms with Crippen LogP contribution >= 0.6 is 0 Å². The minimum atomic E-state index is -0.311. The molecule has 0 saturated carbocycles. The molecule has 7 nitrogen and oxygen atoms in total. The monoisotopic (exact) mass is 413 g/mol. The van der Waals surface area contributed by atoms with E-state index in [-0.39, 0.29) is 29.7 Å². The lowest BCUT2D eigenvalue weighted by atomic mass is 9.88. The van der Waals surface area contributed by atoms with E-state index in [1.165, 1.54) is 6.33 Å². The Morgan fingerprint density at radius 3 is 2.45 bits per heavy atom. The van der Waals surface area contributed by atoms with Crippen molar-refractivity contribution in [2.45, 2.75) is 37.4 Å². The normalized spacial score (nSPS) is 23.6. The summed E-state index contributed by atoms with van der Waals surface area (Å²) < 4.78 is 1.84. The number of carbonyl (C=O) groups excluding carboxylic acids is 1. The van der Waals surface area contributed by atoms with Crippen molar-refractivity contribution in [1.82, 2.24) is 14.8 Å². The van der Waals surface area contributed by atoms with E-state index < -0.39 is 0 Å². The molecule has 0 spiro atoms. The van der Waals surface area contributed by atoms with Crippen molar-refractivity contribution in [1.29, 1.82) is 0 Å². The van der Waals surface area contributed by atoms with Crippen molar-refractivity contribution in [2.75, 3.05) is 5.32 Å². The molecule has 7 heteroatoms. The van der Waals surface area contributed by atoms with E-state index >= 15 is 0 Å². The first-order valence-corrected chi connectivity index (χ1v) is 10.5. The maximum Gasteiger partial charge on any atom is 0.222 e. The molecule has 1 aromatic heterocycles. The highest BCUT2D eigenvalue weighted by Crippen LogP contribution is 2.39. The quantitative estimate of drug-likeness (QED) is 0.630. The number of benzene rings is 2. The number of Topliss-reactive ketones (excluding diaryl/α,β-unsaturated/α-hetero) is 1. The van der Waals surface area contributed by atoms with Crippen LogP contribution in [0.15, 0.2) is 83.3 Å². The zero-order valence-corrected chi connectivity index (χ0v) is 16.9. The number of carbonyl (C=O) groups is 1. The molecule has 3 aromatic rings. The summed E-state index contributed by atoms with van der Waals surface area (Å²) in [7, 11) is 0. The predicted octanol–water partition coefficient (Wildman–Crippen LogP) is 4.04. The average molecular weight is 413 g/mol.